The molecule has 0 atom stereocenters. The number of Topliss-reactive ketones (excluding diaryl/α,β-unsaturated/α-hetero) is 1. The zero-order valence-corrected chi connectivity index (χ0v) is 10.4. The Balaban J connectivity index is 2.00. The normalized spacial score (nSPS) is 16.1. The van der Waals surface area contributed by atoms with Crippen molar-refractivity contribution in [3.63, 3.8) is 0 Å². The number of ketones is 1. The van der Waals surface area contributed by atoms with Crippen molar-refractivity contribution in [1.29, 1.82) is 0 Å². The monoisotopic (exact) mass is 287 g/mol. The average Bonchev–Trinajstić information content (AvgIpc) is 2.77. The second kappa shape index (κ2) is 4.45. The first-order valence-corrected chi connectivity index (χ1v) is 6.34. The molecule has 0 spiro atoms. The van der Waals surface area contributed by atoms with Gasteiger partial charge in [0.15, 0.2) is 5.78 Å². The summed E-state index contributed by atoms with van der Waals surface area (Å²) in [5, 5.41) is 0. The van der Waals surface area contributed by atoms with Crippen molar-refractivity contribution in [1.82, 2.24) is 4.90 Å². The van der Waals surface area contributed by atoms with Crippen molar-refractivity contribution in [2.45, 2.75) is 12.8 Å². The van der Waals surface area contributed by atoms with Gasteiger partial charge in [-0.2, -0.15) is 0 Å². The van der Waals surface area contributed by atoms with E-state index in [4.69, 9.17) is 0 Å². The van der Waals surface area contributed by atoms with E-state index >= 15 is 0 Å². The number of rotatable bonds is 3. The highest BCUT2D eigenvalue weighted by atomic mass is 79.9. The van der Waals surface area contributed by atoms with E-state index in [9.17, 15) is 9.59 Å². The topological polar surface area (TPSA) is 37.4 Å². The number of hydrogen-bond acceptors (Lipinski definition) is 3. The predicted octanol–water partition coefficient (Wildman–Crippen LogP) is 2.32. The molecule has 1 amide bonds. The van der Waals surface area contributed by atoms with Crippen LogP contribution in [-0.2, 0) is 4.79 Å². The van der Waals surface area contributed by atoms with Crippen molar-refractivity contribution >= 4 is 39.0 Å². The van der Waals surface area contributed by atoms with Crippen LogP contribution in [0.1, 0.15) is 22.5 Å². The number of hydrogen-bond donors (Lipinski definition) is 0. The fourth-order valence-corrected chi connectivity index (χ4v) is 2.90. The molecule has 2 heterocycles. The van der Waals surface area contributed by atoms with E-state index in [0.29, 0.717) is 11.3 Å². The van der Waals surface area contributed by atoms with Gasteiger partial charge in [0, 0.05) is 13.0 Å². The Morgan fingerprint density at radius 2 is 2.33 bits per heavy atom. The molecule has 3 nitrogen and oxygen atoms in total. The molecule has 0 N–H and O–H groups in total. The van der Waals surface area contributed by atoms with Gasteiger partial charge in [-0.3, -0.25) is 9.59 Å². The summed E-state index contributed by atoms with van der Waals surface area (Å²) in [5.74, 6) is 0.125. The van der Waals surface area contributed by atoms with Gasteiger partial charge < -0.3 is 4.90 Å². The molecule has 1 saturated heterocycles. The Bertz CT molecular complexity index is 402. The lowest BCUT2D eigenvalue weighted by molar-refractivity contribution is -0.127. The molecular formula is C10H10BrNO2S. The van der Waals surface area contributed by atoms with Crippen LogP contribution in [0.15, 0.2) is 15.9 Å². The lowest BCUT2D eigenvalue weighted by Crippen LogP contribution is -2.30. The number of carbonyl (C=O) groups is 2. The highest BCUT2D eigenvalue weighted by Crippen LogP contribution is 2.23. The van der Waals surface area contributed by atoms with Crippen molar-refractivity contribution in [2.24, 2.45) is 0 Å². The van der Waals surface area contributed by atoms with Gasteiger partial charge in [-0.25, -0.2) is 0 Å². The maximum atomic E-state index is 11.8. The number of nitrogens with zero attached hydrogens (tertiary/aromatic N) is 1. The van der Waals surface area contributed by atoms with Gasteiger partial charge in [-0.1, -0.05) is 0 Å². The summed E-state index contributed by atoms with van der Waals surface area (Å²) < 4.78 is 0.943. The van der Waals surface area contributed by atoms with E-state index in [-0.39, 0.29) is 18.2 Å². The molecule has 5 heteroatoms. The summed E-state index contributed by atoms with van der Waals surface area (Å²) in [6, 6.07) is 3.64. The quantitative estimate of drug-likeness (QED) is 0.800. The molecule has 0 aliphatic carbocycles. The Kier molecular flexibility index (Phi) is 3.21. The molecule has 0 aromatic carbocycles. The zero-order chi connectivity index (χ0) is 10.8. The number of likely N-dealkylation sites (tertiary alicyclic amines) is 1. The van der Waals surface area contributed by atoms with Gasteiger partial charge in [0.25, 0.3) is 0 Å². The number of thiophene rings is 1. The van der Waals surface area contributed by atoms with Gasteiger partial charge >= 0.3 is 0 Å². The Morgan fingerprint density at radius 1 is 1.53 bits per heavy atom. The maximum Gasteiger partial charge on any atom is 0.223 e. The average molecular weight is 288 g/mol. The lowest BCUT2D eigenvalue weighted by Gasteiger charge is -2.13. The minimum Gasteiger partial charge on any atom is -0.335 e. The third kappa shape index (κ3) is 2.46. The summed E-state index contributed by atoms with van der Waals surface area (Å²) >= 11 is 4.72. The SMILES string of the molecule is O=C(CN1CCCC1=O)c1ccc(Br)s1. The summed E-state index contributed by atoms with van der Waals surface area (Å²) in [7, 11) is 0. The minimum absolute atomic E-state index is 0.0287. The first kappa shape index (κ1) is 10.8. The van der Waals surface area contributed by atoms with Crippen molar-refractivity contribution in [3.8, 4) is 0 Å². The summed E-state index contributed by atoms with van der Waals surface area (Å²) in [6.45, 7) is 0.947. The van der Waals surface area contributed by atoms with Crippen LogP contribution in [0.3, 0.4) is 0 Å². The first-order chi connectivity index (χ1) is 7.16. The van der Waals surface area contributed by atoms with Gasteiger partial charge in [0.2, 0.25) is 5.91 Å². The fourth-order valence-electron chi connectivity index (χ4n) is 1.59. The molecule has 80 valence electrons. The van der Waals surface area contributed by atoms with Crippen LogP contribution in [0.5, 0.6) is 0 Å². The highest BCUT2D eigenvalue weighted by molar-refractivity contribution is 9.11. The van der Waals surface area contributed by atoms with Crippen molar-refractivity contribution < 1.29 is 9.59 Å². The van der Waals surface area contributed by atoms with Gasteiger partial charge in [-0.05, 0) is 34.5 Å². The Morgan fingerprint density at radius 3 is 2.87 bits per heavy atom. The molecule has 0 radical (unpaired) electrons. The highest BCUT2D eigenvalue weighted by Gasteiger charge is 2.23. The van der Waals surface area contributed by atoms with Crippen LogP contribution in [0, 0.1) is 0 Å². The first-order valence-electron chi connectivity index (χ1n) is 4.73. The molecular weight excluding hydrogens is 278 g/mol. The number of amides is 1. The fraction of sp³-hybridized carbons (Fsp3) is 0.400. The van der Waals surface area contributed by atoms with E-state index < -0.39 is 0 Å². The molecule has 1 aromatic heterocycles. The van der Waals surface area contributed by atoms with Crippen LogP contribution in [0.2, 0.25) is 0 Å². The minimum atomic E-state index is 0.0287. The number of halogens is 1. The molecule has 0 unspecified atom stereocenters. The Labute approximate surface area is 100 Å². The van der Waals surface area contributed by atoms with E-state index in [0.717, 1.165) is 16.8 Å². The predicted molar refractivity (Wildman–Crippen MR) is 62.2 cm³/mol. The van der Waals surface area contributed by atoms with E-state index in [2.05, 4.69) is 15.9 Å². The molecule has 2 rings (SSSR count). The molecule has 1 aliphatic rings. The molecule has 0 bridgehead atoms. The van der Waals surface area contributed by atoms with Gasteiger partial charge in [0.1, 0.15) is 0 Å². The molecule has 1 fully saturated rings. The molecule has 15 heavy (non-hydrogen) atoms. The van der Waals surface area contributed by atoms with Crippen molar-refractivity contribution in [3.05, 3.63) is 20.8 Å². The summed E-state index contributed by atoms with van der Waals surface area (Å²) in [5.41, 5.74) is 0. The van der Waals surface area contributed by atoms with Crippen LogP contribution in [0.4, 0.5) is 0 Å². The van der Waals surface area contributed by atoms with Gasteiger partial charge in [0.05, 0.1) is 15.2 Å². The molecule has 1 aromatic rings. The second-order valence-corrected chi connectivity index (χ2v) is 5.91. The standard InChI is InChI=1S/C10H10BrNO2S/c11-9-4-3-8(15-9)7(13)6-12-5-1-2-10(12)14/h3-4H,1-2,5-6H2. The Hall–Kier alpha value is -0.680. The van der Waals surface area contributed by atoms with Crippen LogP contribution >= 0.6 is 27.3 Å². The third-order valence-electron chi connectivity index (χ3n) is 2.35. The lowest BCUT2D eigenvalue weighted by atomic mass is 10.3. The third-order valence-corrected chi connectivity index (χ3v) is 4.02. The van der Waals surface area contributed by atoms with Crippen LogP contribution in [-0.4, -0.2) is 29.7 Å². The summed E-state index contributed by atoms with van der Waals surface area (Å²) in [6.07, 6.45) is 1.46. The maximum absolute atomic E-state index is 11.8. The summed E-state index contributed by atoms with van der Waals surface area (Å²) in [4.78, 5) is 25.4. The smallest absolute Gasteiger partial charge is 0.223 e. The van der Waals surface area contributed by atoms with E-state index in [1.54, 1.807) is 11.0 Å². The molecule has 1 aliphatic heterocycles. The van der Waals surface area contributed by atoms with Crippen LogP contribution < -0.4 is 0 Å². The van der Waals surface area contributed by atoms with Crippen molar-refractivity contribution in [2.75, 3.05) is 13.1 Å². The van der Waals surface area contributed by atoms with E-state index in [1.807, 2.05) is 6.07 Å². The van der Waals surface area contributed by atoms with Gasteiger partial charge in [-0.15, -0.1) is 11.3 Å². The van der Waals surface area contributed by atoms with E-state index in [1.165, 1.54) is 11.3 Å². The second-order valence-electron chi connectivity index (χ2n) is 3.45. The number of carbonyl (C=O) groups excluding carboxylic acids is 2. The molecule has 0 saturated carbocycles. The largest absolute Gasteiger partial charge is 0.335 e. The van der Waals surface area contributed by atoms with Crippen LogP contribution in [0.25, 0.3) is 0 Å². The zero-order valence-electron chi connectivity index (χ0n) is 8.03.